The van der Waals surface area contributed by atoms with Gasteiger partial charge in [-0.2, -0.15) is 0 Å². The van der Waals surface area contributed by atoms with E-state index in [-0.39, 0.29) is 5.92 Å². The van der Waals surface area contributed by atoms with E-state index in [1.165, 1.54) is 16.7 Å². The van der Waals surface area contributed by atoms with Crippen molar-refractivity contribution in [3.8, 4) is 11.5 Å². The van der Waals surface area contributed by atoms with Crippen molar-refractivity contribution in [2.45, 2.75) is 39.0 Å². The minimum atomic E-state index is 0.228. The minimum absolute atomic E-state index is 0.228. The lowest BCUT2D eigenvalue weighted by Gasteiger charge is -2.19. The Morgan fingerprint density at radius 3 is 2.67 bits per heavy atom. The molecule has 0 aliphatic carbocycles. The molecule has 0 saturated heterocycles. The highest BCUT2D eigenvalue weighted by molar-refractivity contribution is 5.41. The summed E-state index contributed by atoms with van der Waals surface area (Å²) < 4.78 is 11.3. The van der Waals surface area contributed by atoms with Crippen molar-refractivity contribution in [2.24, 2.45) is 5.73 Å². The molecule has 0 radical (unpaired) electrons. The van der Waals surface area contributed by atoms with Crippen LogP contribution in [-0.2, 0) is 6.42 Å². The Hall–Kier alpha value is -2.00. The van der Waals surface area contributed by atoms with Crippen LogP contribution >= 0.6 is 0 Å². The highest BCUT2D eigenvalue weighted by Crippen LogP contribution is 2.30. The summed E-state index contributed by atoms with van der Waals surface area (Å²) in [5.74, 6) is 2.07. The molecule has 1 atom stereocenters. The summed E-state index contributed by atoms with van der Waals surface area (Å²) in [5.41, 5.74) is 9.72. The Balaban J connectivity index is 2.16. The molecule has 0 aliphatic rings. The van der Waals surface area contributed by atoms with Gasteiger partial charge in [0.05, 0.1) is 13.7 Å². The van der Waals surface area contributed by atoms with E-state index in [9.17, 15) is 0 Å². The third kappa shape index (κ3) is 5.00. The van der Waals surface area contributed by atoms with Gasteiger partial charge in [-0.15, -0.1) is 0 Å². The molecule has 130 valence electrons. The van der Waals surface area contributed by atoms with Crippen molar-refractivity contribution in [1.29, 1.82) is 0 Å². The fraction of sp³-hybridized carbons (Fsp3) is 0.429. The lowest BCUT2D eigenvalue weighted by molar-refractivity contribution is 0.309. The summed E-state index contributed by atoms with van der Waals surface area (Å²) in [7, 11) is 1.71. The molecule has 0 fully saturated rings. The van der Waals surface area contributed by atoms with Crippen molar-refractivity contribution in [3.05, 3.63) is 59.2 Å². The van der Waals surface area contributed by atoms with Crippen molar-refractivity contribution in [2.75, 3.05) is 20.3 Å². The van der Waals surface area contributed by atoms with E-state index in [1.54, 1.807) is 7.11 Å². The molecule has 0 amide bonds. The Kier molecular flexibility index (Phi) is 7.13. The van der Waals surface area contributed by atoms with Gasteiger partial charge in [-0.25, -0.2) is 0 Å². The van der Waals surface area contributed by atoms with E-state index in [1.807, 2.05) is 12.1 Å². The quantitative estimate of drug-likeness (QED) is 0.691. The Morgan fingerprint density at radius 2 is 1.96 bits per heavy atom. The molecular weight excluding hydrogens is 298 g/mol. The SMILES string of the molecule is CCCCOc1cccc(CC(CN)c2cc(C)ccc2OC)c1. The Labute approximate surface area is 145 Å². The summed E-state index contributed by atoms with van der Waals surface area (Å²) >= 11 is 0. The number of ether oxygens (including phenoxy) is 2. The maximum atomic E-state index is 6.08. The van der Waals surface area contributed by atoms with Crippen LogP contribution in [0.2, 0.25) is 0 Å². The molecule has 2 N–H and O–H groups in total. The smallest absolute Gasteiger partial charge is 0.122 e. The first-order valence-corrected chi connectivity index (χ1v) is 8.74. The molecule has 1 unspecified atom stereocenters. The fourth-order valence-corrected chi connectivity index (χ4v) is 2.87. The van der Waals surface area contributed by atoms with Crippen LogP contribution in [0, 0.1) is 6.92 Å². The van der Waals surface area contributed by atoms with Crippen LogP contribution in [0.5, 0.6) is 11.5 Å². The molecule has 0 aromatic heterocycles. The largest absolute Gasteiger partial charge is 0.496 e. The van der Waals surface area contributed by atoms with Gasteiger partial charge in [0.15, 0.2) is 0 Å². The average molecular weight is 327 g/mol. The fourth-order valence-electron chi connectivity index (χ4n) is 2.87. The van der Waals surface area contributed by atoms with Crippen molar-refractivity contribution in [1.82, 2.24) is 0 Å². The van der Waals surface area contributed by atoms with Gasteiger partial charge < -0.3 is 15.2 Å². The molecule has 3 heteroatoms. The predicted molar refractivity (Wildman–Crippen MR) is 100 cm³/mol. The molecule has 24 heavy (non-hydrogen) atoms. The van der Waals surface area contributed by atoms with Crippen LogP contribution in [0.15, 0.2) is 42.5 Å². The average Bonchev–Trinajstić information content (AvgIpc) is 2.60. The molecule has 0 aliphatic heterocycles. The summed E-state index contributed by atoms with van der Waals surface area (Å²) in [6.07, 6.45) is 3.10. The standard InChI is InChI=1S/C21H29NO2/c1-4-5-11-24-19-8-6-7-17(14-19)13-18(15-22)20-12-16(2)9-10-21(20)23-3/h6-10,12,14,18H,4-5,11,13,15,22H2,1-3H3. The molecule has 2 rings (SSSR count). The van der Waals surface area contributed by atoms with Gasteiger partial charge >= 0.3 is 0 Å². The van der Waals surface area contributed by atoms with E-state index in [4.69, 9.17) is 15.2 Å². The van der Waals surface area contributed by atoms with Crippen LogP contribution in [0.25, 0.3) is 0 Å². The van der Waals surface area contributed by atoms with Gasteiger partial charge in [0.25, 0.3) is 0 Å². The summed E-state index contributed by atoms with van der Waals surface area (Å²) in [4.78, 5) is 0. The molecule has 0 bridgehead atoms. The van der Waals surface area contributed by atoms with E-state index in [0.29, 0.717) is 6.54 Å². The second kappa shape index (κ2) is 9.33. The Bertz CT molecular complexity index is 639. The maximum Gasteiger partial charge on any atom is 0.122 e. The van der Waals surface area contributed by atoms with Gasteiger partial charge in [0, 0.05) is 5.92 Å². The van der Waals surface area contributed by atoms with Gasteiger partial charge in [0.2, 0.25) is 0 Å². The van der Waals surface area contributed by atoms with Crippen LogP contribution in [0.3, 0.4) is 0 Å². The normalized spacial score (nSPS) is 12.0. The number of unbranched alkanes of at least 4 members (excludes halogenated alkanes) is 1. The summed E-state index contributed by atoms with van der Waals surface area (Å²) in [6.45, 7) is 5.62. The Morgan fingerprint density at radius 1 is 1.12 bits per heavy atom. The van der Waals surface area contributed by atoms with Crippen LogP contribution in [0.1, 0.15) is 42.4 Å². The predicted octanol–water partition coefficient (Wildman–Crippen LogP) is 4.47. The van der Waals surface area contributed by atoms with Gasteiger partial charge in [-0.1, -0.05) is 43.2 Å². The molecular formula is C21H29NO2. The minimum Gasteiger partial charge on any atom is -0.496 e. The van der Waals surface area contributed by atoms with Gasteiger partial charge in [0.1, 0.15) is 11.5 Å². The number of nitrogens with two attached hydrogens (primary N) is 1. The number of benzene rings is 2. The van der Waals surface area contributed by atoms with E-state index in [0.717, 1.165) is 37.4 Å². The zero-order chi connectivity index (χ0) is 17.4. The van der Waals surface area contributed by atoms with Crippen molar-refractivity contribution in [3.63, 3.8) is 0 Å². The number of methoxy groups -OCH3 is 1. The third-order valence-corrected chi connectivity index (χ3v) is 4.26. The summed E-state index contributed by atoms with van der Waals surface area (Å²) in [6, 6.07) is 14.6. The lowest BCUT2D eigenvalue weighted by atomic mass is 9.90. The molecule has 0 heterocycles. The van der Waals surface area contributed by atoms with E-state index < -0.39 is 0 Å². The molecule has 2 aromatic carbocycles. The van der Waals surface area contributed by atoms with E-state index in [2.05, 4.69) is 44.2 Å². The number of aryl methyl sites for hydroxylation is 1. The highest BCUT2D eigenvalue weighted by Gasteiger charge is 2.16. The van der Waals surface area contributed by atoms with Crippen LogP contribution in [-0.4, -0.2) is 20.3 Å². The summed E-state index contributed by atoms with van der Waals surface area (Å²) in [5, 5.41) is 0. The van der Waals surface area contributed by atoms with Crippen LogP contribution in [0.4, 0.5) is 0 Å². The first-order valence-electron chi connectivity index (χ1n) is 8.74. The van der Waals surface area contributed by atoms with Crippen molar-refractivity contribution < 1.29 is 9.47 Å². The maximum absolute atomic E-state index is 6.08. The molecule has 0 saturated carbocycles. The topological polar surface area (TPSA) is 44.5 Å². The number of hydrogen-bond donors (Lipinski definition) is 1. The van der Waals surface area contributed by atoms with Crippen LogP contribution < -0.4 is 15.2 Å². The number of hydrogen-bond acceptors (Lipinski definition) is 3. The zero-order valence-corrected chi connectivity index (χ0v) is 15.0. The van der Waals surface area contributed by atoms with Gasteiger partial charge in [-0.3, -0.25) is 0 Å². The highest BCUT2D eigenvalue weighted by atomic mass is 16.5. The second-order valence-corrected chi connectivity index (χ2v) is 6.23. The van der Waals surface area contributed by atoms with Gasteiger partial charge in [-0.05, 0) is 55.6 Å². The molecule has 3 nitrogen and oxygen atoms in total. The number of rotatable bonds is 9. The first kappa shape index (κ1) is 18.3. The zero-order valence-electron chi connectivity index (χ0n) is 15.0. The lowest BCUT2D eigenvalue weighted by Crippen LogP contribution is -2.16. The molecule has 2 aromatic rings. The van der Waals surface area contributed by atoms with Crippen molar-refractivity contribution >= 4 is 0 Å². The van der Waals surface area contributed by atoms with E-state index >= 15 is 0 Å². The monoisotopic (exact) mass is 327 g/mol. The molecule has 0 spiro atoms. The second-order valence-electron chi connectivity index (χ2n) is 6.23. The third-order valence-electron chi connectivity index (χ3n) is 4.26. The first-order chi connectivity index (χ1) is 11.7.